The Morgan fingerprint density at radius 2 is 1.47 bits per heavy atom. The van der Waals surface area contributed by atoms with Gasteiger partial charge in [-0.15, -0.1) is 0 Å². The summed E-state index contributed by atoms with van der Waals surface area (Å²) in [7, 11) is 4.21. The van der Waals surface area contributed by atoms with E-state index in [1.807, 2.05) is 81.3 Å². The second-order valence-corrected chi connectivity index (χ2v) is 16.2. The maximum Gasteiger partial charge on any atom is 0.425 e. The fourth-order valence-corrected chi connectivity index (χ4v) is 9.25. The lowest BCUT2D eigenvalue weighted by atomic mass is 9.77. The maximum atomic E-state index is 14.0. The lowest BCUT2D eigenvalue weighted by Gasteiger charge is -2.35. The zero-order valence-corrected chi connectivity index (χ0v) is 34.2. The van der Waals surface area contributed by atoms with Crippen LogP contribution >= 0.6 is 0 Å². The van der Waals surface area contributed by atoms with E-state index in [0.717, 1.165) is 71.6 Å². The number of hydrazine groups is 1. The molecule has 2 bridgehead atoms. The van der Waals surface area contributed by atoms with Crippen LogP contribution in [-0.4, -0.2) is 93.8 Å². The molecule has 6 atom stereocenters. The maximum absolute atomic E-state index is 14.0. The van der Waals surface area contributed by atoms with E-state index in [4.69, 9.17) is 24.2 Å². The lowest BCUT2D eigenvalue weighted by Crippen LogP contribution is -2.53. The number of rotatable bonds is 11. The predicted octanol–water partition coefficient (Wildman–Crippen LogP) is 6.82. The van der Waals surface area contributed by atoms with Crippen LogP contribution in [0.15, 0.2) is 54.9 Å². The number of ether oxygens (including phenoxy) is 3. The first kappa shape index (κ1) is 40.3. The molecule has 15 nitrogen and oxygen atoms in total. The third-order valence-corrected chi connectivity index (χ3v) is 12.1. The summed E-state index contributed by atoms with van der Waals surface area (Å²) < 4.78 is 15.4. The van der Waals surface area contributed by atoms with Gasteiger partial charge >= 0.3 is 12.2 Å². The molecule has 7 rings (SSSR count). The van der Waals surface area contributed by atoms with Gasteiger partial charge in [-0.05, 0) is 87.0 Å². The van der Waals surface area contributed by atoms with Crippen molar-refractivity contribution in [1.29, 1.82) is 0 Å². The van der Waals surface area contributed by atoms with E-state index in [1.54, 1.807) is 13.3 Å². The molecule has 3 aliphatic rings. The van der Waals surface area contributed by atoms with Crippen molar-refractivity contribution in [2.45, 2.75) is 83.8 Å². The Morgan fingerprint density at radius 3 is 2.16 bits per heavy atom. The number of methoxy groups -OCH3 is 3. The van der Waals surface area contributed by atoms with Crippen LogP contribution in [0.1, 0.15) is 83.1 Å². The van der Waals surface area contributed by atoms with Gasteiger partial charge in [0.2, 0.25) is 11.8 Å². The van der Waals surface area contributed by atoms with E-state index in [9.17, 15) is 19.2 Å². The molecular formula is C43H54N8O7. The molecule has 58 heavy (non-hydrogen) atoms. The Labute approximate surface area is 338 Å². The first-order valence-corrected chi connectivity index (χ1v) is 20.1. The van der Waals surface area contributed by atoms with Crippen LogP contribution in [0.2, 0.25) is 0 Å². The molecule has 1 aliphatic heterocycles. The van der Waals surface area contributed by atoms with Crippen LogP contribution < -0.4 is 15.5 Å². The number of nitrogens with one attached hydrogen (secondary N) is 4. The van der Waals surface area contributed by atoms with Crippen molar-refractivity contribution in [1.82, 2.24) is 40.6 Å². The Kier molecular flexibility index (Phi) is 11.8. The molecule has 3 fully saturated rings. The summed E-state index contributed by atoms with van der Waals surface area (Å²) in [6.45, 7) is 8.13. The molecular weight excluding hydrogens is 741 g/mol. The number of imidazole rings is 2. The number of nitrogens with zero attached hydrogens (tertiary/aromatic N) is 4. The predicted molar refractivity (Wildman–Crippen MR) is 216 cm³/mol. The summed E-state index contributed by atoms with van der Waals surface area (Å²) in [5.74, 6) is 1.99. The number of aromatic amines is 2. The Bertz CT molecular complexity index is 2130. The summed E-state index contributed by atoms with van der Waals surface area (Å²) in [5, 5.41) is 4.12. The van der Waals surface area contributed by atoms with Crippen molar-refractivity contribution in [3.63, 3.8) is 0 Å². The number of carbonyl (C=O) groups is 4. The quantitative estimate of drug-likeness (QED) is 0.118. The van der Waals surface area contributed by atoms with Gasteiger partial charge in [-0.3, -0.25) is 9.59 Å². The molecule has 15 heteroatoms. The molecule has 2 aliphatic carbocycles. The van der Waals surface area contributed by atoms with Crippen LogP contribution in [0, 0.1) is 23.7 Å². The fraction of sp³-hybridized carbons (Fsp3) is 0.488. The van der Waals surface area contributed by atoms with Crippen molar-refractivity contribution in [2.24, 2.45) is 23.7 Å². The second kappa shape index (κ2) is 16.9. The third kappa shape index (κ3) is 7.86. The van der Waals surface area contributed by atoms with Crippen LogP contribution in [0.25, 0.3) is 33.9 Å². The lowest BCUT2D eigenvalue weighted by molar-refractivity contribution is -0.143. The minimum Gasteiger partial charge on any atom is -0.496 e. The van der Waals surface area contributed by atoms with E-state index in [0.29, 0.717) is 24.0 Å². The largest absolute Gasteiger partial charge is 0.496 e. The van der Waals surface area contributed by atoms with Gasteiger partial charge in [-0.2, -0.15) is 0 Å². The standard InChI is InChI=1S/C43H54N8O7/c1-23(2)37(48-42(54)57-6)41(53)50-18-8-9-33(50)31-21-45-39(46-31)30-17-16-27(20-34(30)56-5)25-10-12-26(13-11-25)38-44-22-32(47-38)35-28-14-15-29(19-28)36(35)40(52)51(24(3)4)49-43(55)58-7/h10-13,16-17,20-24,28-29,33,35-37H,8-9,14-15,18-19H2,1-7H3,(H,44,47)(H,45,46)(H,48,54)(H,49,55)/t28?,29?,33-,35?,36-,37-/m0/s1. The molecule has 2 saturated carbocycles. The molecule has 308 valence electrons. The Balaban J connectivity index is 1.06. The normalized spacial score (nSPS) is 21.6. The van der Waals surface area contributed by atoms with Crippen molar-refractivity contribution in [3.05, 3.63) is 66.2 Å². The number of H-pyrrole nitrogens is 2. The summed E-state index contributed by atoms with van der Waals surface area (Å²) in [6.07, 6.45) is 6.99. The van der Waals surface area contributed by atoms with Gasteiger partial charge < -0.3 is 34.4 Å². The number of carbonyl (C=O) groups excluding carboxylic acids is 4. The van der Waals surface area contributed by atoms with Gasteiger partial charge in [0.15, 0.2) is 0 Å². The SMILES string of the molecule is COC(=O)N[C@H](C(=O)N1CCC[C@H]1c1cnc(-c2ccc(-c3ccc(-c4ncc(C5C6CCC(C6)[C@@H]5C(=O)N(NC(=O)OC)C(C)C)[nH]4)cc3)cc2OC)[nH]1)C(C)C. The molecule has 1 saturated heterocycles. The van der Waals surface area contributed by atoms with E-state index in [1.165, 1.54) is 19.2 Å². The second-order valence-electron chi connectivity index (χ2n) is 16.2. The molecule has 0 spiro atoms. The van der Waals surface area contributed by atoms with Gasteiger partial charge in [0, 0.05) is 36.0 Å². The number of hydrogen-bond donors (Lipinski definition) is 4. The summed E-state index contributed by atoms with van der Waals surface area (Å²) >= 11 is 0. The minimum atomic E-state index is -0.703. The van der Waals surface area contributed by atoms with Crippen molar-refractivity contribution in [3.8, 4) is 39.7 Å². The van der Waals surface area contributed by atoms with Crippen LogP contribution in [0.5, 0.6) is 5.75 Å². The van der Waals surface area contributed by atoms with Crippen LogP contribution in [0.3, 0.4) is 0 Å². The van der Waals surface area contributed by atoms with Gasteiger partial charge in [0.25, 0.3) is 0 Å². The van der Waals surface area contributed by atoms with Crippen molar-refractivity contribution < 1.29 is 33.4 Å². The molecule has 4 N–H and O–H groups in total. The van der Waals surface area contributed by atoms with Crippen LogP contribution in [0.4, 0.5) is 9.59 Å². The molecule has 0 radical (unpaired) electrons. The number of fused-ring (bicyclic) bond motifs is 2. The first-order chi connectivity index (χ1) is 27.9. The molecule has 2 aromatic heterocycles. The van der Waals surface area contributed by atoms with Gasteiger partial charge in [-0.25, -0.2) is 30.0 Å². The van der Waals surface area contributed by atoms with Crippen LogP contribution in [-0.2, 0) is 19.1 Å². The molecule has 3 unspecified atom stereocenters. The minimum absolute atomic E-state index is 0.0177. The number of hydrogen-bond acceptors (Lipinski definition) is 9. The Morgan fingerprint density at radius 1 is 0.810 bits per heavy atom. The fourth-order valence-electron chi connectivity index (χ4n) is 9.25. The number of alkyl carbamates (subject to hydrolysis) is 1. The third-order valence-electron chi connectivity index (χ3n) is 12.1. The molecule has 3 heterocycles. The van der Waals surface area contributed by atoms with Gasteiger partial charge in [0.05, 0.1) is 50.7 Å². The topological polar surface area (TPSA) is 184 Å². The number of benzene rings is 2. The van der Waals surface area contributed by atoms with E-state index in [-0.39, 0.29) is 47.6 Å². The summed E-state index contributed by atoms with van der Waals surface area (Å²) in [6, 6.07) is 13.0. The number of amides is 4. The van der Waals surface area contributed by atoms with E-state index >= 15 is 0 Å². The van der Waals surface area contributed by atoms with Gasteiger partial charge in [-0.1, -0.05) is 44.2 Å². The highest BCUT2D eigenvalue weighted by Crippen LogP contribution is 2.57. The van der Waals surface area contributed by atoms with E-state index in [2.05, 4.69) is 20.7 Å². The zero-order chi connectivity index (χ0) is 41.2. The average Bonchev–Trinajstić information content (AvgIpc) is 4.09. The average molecular weight is 795 g/mol. The van der Waals surface area contributed by atoms with Crippen molar-refractivity contribution in [2.75, 3.05) is 27.9 Å². The van der Waals surface area contributed by atoms with Gasteiger partial charge in [0.1, 0.15) is 23.4 Å². The molecule has 2 aromatic carbocycles. The van der Waals surface area contributed by atoms with E-state index < -0.39 is 18.2 Å². The highest BCUT2D eigenvalue weighted by atomic mass is 16.5. The summed E-state index contributed by atoms with van der Waals surface area (Å²) in [5.41, 5.74) is 8.05. The van der Waals surface area contributed by atoms with Crippen molar-refractivity contribution >= 4 is 24.0 Å². The monoisotopic (exact) mass is 794 g/mol. The number of aromatic nitrogens is 4. The molecule has 4 aromatic rings. The highest BCUT2D eigenvalue weighted by molar-refractivity contribution is 5.86. The zero-order valence-electron chi connectivity index (χ0n) is 34.2. The Hall–Kier alpha value is -5.86. The first-order valence-electron chi connectivity index (χ1n) is 20.1. The highest BCUT2D eigenvalue weighted by Gasteiger charge is 2.53. The smallest absolute Gasteiger partial charge is 0.425 e. The number of likely N-dealkylation sites (tertiary alicyclic amines) is 1. The molecule has 4 amide bonds. The summed E-state index contributed by atoms with van der Waals surface area (Å²) in [4.78, 5) is 69.9.